The Morgan fingerprint density at radius 2 is 2.05 bits per heavy atom. The fourth-order valence-corrected chi connectivity index (χ4v) is 2.91. The van der Waals surface area contributed by atoms with Gasteiger partial charge in [-0.15, -0.1) is 0 Å². The largest absolute Gasteiger partial charge is 0.481 e. The highest BCUT2D eigenvalue weighted by Crippen LogP contribution is 2.44. The maximum Gasteiger partial charge on any atom is 0.308 e. The van der Waals surface area contributed by atoms with Crippen LogP contribution in [-0.2, 0) is 4.79 Å². The van der Waals surface area contributed by atoms with Gasteiger partial charge < -0.3 is 10.0 Å². The van der Waals surface area contributed by atoms with Crippen molar-refractivity contribution in [2.75, 3.05) is 13.1 Å². The average molecular weight is 260 g/mol. The lowest BCUT2D eigenvalue weighted by Crippen LogP contribution is -2.30. The van der Waals surface area contributed by atoms with Gasteiger partial charge >= 0.3 is 5.97 Å². The van der Waals surface area contributed by atoms with Crippen LogP contribution in [0.3, 0.4) is 0 Å². The summed E-state index contributed by atoms with van der Waals surface area (Å²) in [6, 6.07) is 5.19. The zero-order chi connectivity index (χ0) is 13.4. The first-order chi connectivity index (χ1) is 9.16. The molecule has 1 aromatic heterocycles. The first-order valence-corrected chi connectivity index (χ1v) is 6.60. The minimum Gasteiger partial charge on any atom is -0.481 e. The standard InChI is InChI=1S/C14H16N2O3/c17-13(12-3-1-2-6-15-12)16-7-10(9-4-5-9)11(8-16)14(18)19/h1-3,6,9-11H,4-5,7-8H2,(H,18,19)/t10-,11+/m0/s1. The molecule has 1 aliphatic carbocycles. The molecular formula is C14H16N2O3. The summed E-state index contributed by atoms with van der Waals surface area (Å²) in [4.78, 5) is 29.3. The molecule has 0 unspecified atom stereocenters. The van der Waals surface area contributed by atoms with Gasteiger partial charge in [-0.2, -0.15) is 0 Å². The van der Waals surface area contributed by atoms with Gasteiger partial charge in [-0.1, -0.05) is 6.07 Å². The molecule has 1 aromatic rings. The Balaban J connectivity index is 1.76. The summed E-state index contributed by atoms with van der Waals surface area (Å²) in [6.07, 6.45) is 3.77. The summed E-state index contributed by atoms with van der Waals surface area (Å²) in [7, 11) is 0. The fraction of sp³-hybridized carbons (Fsp3) is 0.500. The van der Waals surface area contributed by atoms with Crippen LogP contribution in [0.5, 0.6) is 0 Å². The van der Waals surface area contributed by atoms with E-state index < -0.39 is 11.9 Å². The zero-order valence-electron chi connectivity index (χ0n) is 10.5. The van der Waals surface area contributed by atoms with E-state index >= 15 is 0 Å². The van der Waals surface area contributed by atoms with Crippen molar-refractivity contribution < 1.29 is 14.7 Å². The van der Waals surface area contributed by atoms with Gasteiger partial charge in [0.2, 0.25) is 0 Å². The van der Waals surface area contributed by atoms with E-state index in [4.69, 9.17) is 0 Å². The summed E-state index contributed by atoms with van der Waals surface area (Å²) in [5, 5.41) is 9.28. The number of aliphatic carboxylic acids is 1. The molecule has 0 aromatic carbocycles. The Labute approximate surface area is 111 Å². The van der Waals surface area contributed by atoms with Gasteiger partial charge in [0, 0.05) is 19.3 Å². The average Bonchev–Trinajstić information content (AvgIpc) is 3.17. The molecule has 0 spiro atoms. The molecule has 1 amide bonds. The normalized spacial score (nSPS) is 26.4. The van der Waals surface area contributed by atoms with Crippen molar-refractivity contribution in [3.63, 3.8) is 0 Å². The number of carboxylic acid groups (broad SMARTS) is 1. The van der Waals surface area contributed by atoms with Crippen LogP contribution in [0.15, 0.2) is 24.4 Å². The summed E-state index contributed by atoms with van der Waals surface area (Å²) in [5.41, 5.74) is 0.392. The number of aromatic nitrogens is 1. The third-order valence-corrected chi connectivity index (χ3v) is 4.08. The van der Waals surface area contributed by atoms with Crippen LogP contribution in [0.4, 0.5) is 0 Å². The molecule has 5 heteroatoms. The lowest BCUT2D eigenvalue weighted by atomic mass is 9.92. The number of carbonyl (C=O) groups is 2. The molecule has 3 rings (SSSR count). The number of nitrogens with zero attached hydrogens (tertiary/aromatic N) is 2. The fourth-order valence-electron chi connectivity index (χ4n) is 2.91. The van der Waals surface area contributed by atoms with E-state index in [2.05, 4.69) is 4.98 Å². The molecule has 1 saturated carbocycles. The number of hydrogen-bond donors (Lipinski definition) is 1. The number of hydrogen-bond acceptors (Lipinski definition) is 3. The Bertz CT molecular complexity index is 499. The van der Waals surface area contributed by atoms with Gasteiger partial charge in [0.15, 0.2) is 0 Å². The number of pyridine rings is 1. The second-order valence-electron chi connectivity index (χ2n) is 5.37. The van der Waals surface area contributed by atoms with Crippen molar-refractivity contribution in [2.45, 2.75) is 12.8 Å². The number of amides is 1. The first-order valence-electron chi connectivity index (χ1n) is 6.60. The van der Waals surface area contributed by atoms with E-state index in [-0.39, 0.29) is 11.8 Å². The molecule has 2 aliphatic rings. The molecule has 0 bridgehead atoms. The minimum atomic E-state index is -0.784. The van der Waals surface area contributed by atoms with Gasteiger partial charge in [0.05, 0.1) is 5.92 Å². The summed E-state index contributed by atoms with van der Waals surface area (Å²) in [6.45, 7) is 0.864. The number of likely N-dealkylation sites (tertiary alicyclic amines) is 1. The van der Waals surface area contributed by atoms with Gasteiger partial charge in [-0.3, -0.25) is 14.6 Å². The Kier molecular flexibility index (Phi) is 2.97. The van der Waals surface area contributed by atoms with Crippen molar-refractivity contribution in [3.05, 3.63) is 30.1 Å². The molecule has 1 aliphatic heterocycles. The topological polar surface area (TPSA) is 70.5 Å². The summed E-state index contributed by atoms with van der Waals surface area (Å²) in [5.74, 6) is -0.754. The van der Waals surface area contributed by atoms with E-state index in [1.54, 1.807) is 29.3 Å². The van der Waals surface area contributed by atoms with Gasteiger partial charge in [0.1, 0.15) is 5.69 Å². The lowest BCUT2D eigenvalue weighted by molar-refractivity contribution is -0.142. The number of rotatable bonds is 3. The second-order valence-corrected chi connectivity index (χ2v) is 5.37. The predicted molar refractivity (Wildman–Crippen MR) is 67.5 cm³/mol. The van der Waals surface area contributed by atoms with Crippen molar-refractivity contribution >= 4 is 11.9 Å². The Morgan fingerprint density at radius 1 is 1.26 bits per heavy atom. The molecule has 2 heterocycles. The van der Waals surface area contributed by atoms with E-state index in [1.165, 1.54) is 0 Å². The molecule has 100 valence electrons. The Hall–Kier alpha value is -1.91. The van der Waals surface area contributed by atoms with E-state index in [1.807, 2.05) is 0 Å². The van der Waals surface area contributed by atoms with Crippen molar-refractivity contribution in [2.24, 2.45) is 17.8 Å². The van der Waals surface area contributed by atoms with Crippen LogP contribution < -0.4 is 0 Å². The third-order valence-electron chi connectivity index (χ3n) is 4.08. The molecule has 2 fully saturated rings. The summed E-state index contributed by atoms with van der Waals surface area (Å²) >= 11 is 0. The smallest absolute Gasteiger partial charge is 0.308 e. The van der Waals surface area contributed by atoms with Crippen molar-refractivity contribution in [1.29, 1.82) is 0 Å². The summed E-state index contributed by atoms with van der Waals surface area (Å²) < 4.78 is 0. The lowest BCUT2D eigenvalue weighted by Gasteiger charge is -2.15. The monoisotopic (exact) mass is 260 g/mol. The predicted octanol–water partition coefficient (Wildman–Crippen LogP) is 1.26. The minimum absolute atomic E-state index is 0.116. The SMILES string of the molecule is O=C(O)[C@@H]1CN(C(=O)c2ccccn2)C[C@H]1C1CC1. The molecule has 1 saturated heterocycles. The maximum absolute atomic E-state index is 12.3. The maximum atomic E-state index is 12.3. The van der Waals surface area contributed by atoms with Crippen molar-refractivity contribution in [3.8, 4) is 0 Å². The quantitative estimate of drug-likeness (QED) is 0.888. The van der Waals surface area contributed by atoms with Crippen LogP contribution in [0.25, 0.3) is 0 Å². The van der Waals surface area contributed by atoms with Crippen LogP contribution in [-0.4, -0.2) is 40.0 Å². The van der Waals surface area contributed by atoms with Gasteiger partial charge in [-0.25, -0.2) is 0 Å². The van der Waals surface area contributed by atoms with E-state index in [0.717, 1.165) is 12.8 Å². The first kappa shape index (κ1) is 12.1. The molecule has 5 nitrogen and oxygen atoms in total. The second kappa shape index (κ2) is 4.64. The van der Waals surface area contributed by atoms with Gasteiger partial charge in [0.25, 0.3) is 5.91 Å². The van der Waals surface area contributed by atoms with Crippen LogP contribution in [0.2, 0.25) is 0 Å². The highest BCUT2D eigenvalue weighted by atomic mass is 16.4. The van der Waals surface area contributed by atoms with Gasteiger partial charge in [-0.05, 0) is 36.8 Å². The molecule has 19 heavy (non-hydrogen) atoms. The van der Waals surface area contributed by atoms with Crippen LogP contribution in [0.1, 0.15) is 23.3 Å². The Morgan fingerprint density at radius 3 is 2.63 bits per heavy atom. The van der Waals surface area contributed by atoms with E-state index in [9.17, 15) is 14.7 Å². The highest BCUT2D eigenvalue weighted by Gasteiger charge is 2.47. The zero-order valence-corrected chi connectivity index (χ0v) is 10.5. The third kappa shape index (κ3) is 2.32. The van der Waals surface area contributed by atoms with Crippen LogP contribution in [0, 0.1) is 17.8 Å². The number of carbonyl (C=O) groups excluding carboxylic acids is 1. The van der Waals surface area contributed by atoms with E-state index in [0.29, 0.717) is 24.7 Å². The molecular weight excluding hydrogens is 244 g/mol. The number of carboxylic acids is 1. The molecule has 2 atom stereocenters. The molecule has 1 N–H and O–H groups in total. The molecule has 0 radical (unpaired) electrons. The van der Waals surface area contributed by atoms with Crippen LogP contribution >= 0.6 is 0 Å². The highest BCUT2D eigenvalue weighted by molar-refractivity contribution is 5.93. The van der Waals surface area contributed by atoms with Crippen molar-refractivity contribution in [1.82, 2.24) is 9.88 Å².